The number of nitrogens with one attached hydrogen (secondary N) is 1. The largest absolute Gasteiger partial charge is 0.391 e. The summed E-state index contributed by atoms with van der Waals surface area (Å²) in [4.78, 5) is 0. The maximum atomic E-state index is 9.01. The van der Waals surface area contributed by atoms with Crippen molar-refractivity contribution in [3.63, 3.8) is 0 Å². The Kier molecular flexibility index (Phi) is 6.96. The monoisotopic (exact) mass is 229 g/mol. The van der Waals surface area contributed by atoms with Crippen LogP contribution in [-0.2, 0) is 0 Å². The predicted molar refractivity (Wildman–Crippen MR) is 67.1 cm³/mol. The molecule has 1 heterocycles. The van der Waals surface area contributed by atoms with Crippen LogP contribution >= 0.6 is 0 Å². The molecule has 2 fully saturated rings. The van der Waals surface area contributed by atoms with Gasteiger partial charge in [-0.1, -0.05) is 25.7 Å². The molecule has 6 N–H and O–H groups in total. The van der Waals surface area contributed by atoms with Crippen molar-refractivity contribution in [1.29, 1.82) is 0 Å². The van der Waals surface area contributed by atoms with Crippen LogP contribution in [0.3, 0.4) is 0 Å². The summed E-state index contributed by atoms with van der Waals surface area (Å²) in [5, 5.41) is 12.1. The zero-order valence-corrected chi connectivity index (χ0v) is 10.2. The molecule has 4 nitrogen and oxygen atoms in total. The molecule has 2 unspecified atom stereocenters. The number of nitrogens with two attached hydrogens (primary N) is 2. The Hall–Kier alpha value is -0.160. The highest BCUT2D eigenvalue weighted by Crippen LogP contribution is 2.26. The van der Waals surface area contributed by atoms with Gasteiger partial charge in [-0.25, -0.2) is 0 Å². The summed E-state index contributed by atoms with van der Waals surface area (Å²) in [6.45, 7) is 2.54. The SMILES string of the molecule is NC1CNCCC1O.NCCC1CCCC1. The summed E-state index contributed by atoms with van der Waals surface area (Å²) in [5.74, 6) is 0.986. The third-order valence-electron chi connectivity index (χ3n) is 3.54. The summed E-state index contributed by atoms with van der Waals surface area (Å²) < 4.78 is 0. The van der Waals surface area contributed by atoms with Crippen LogP contribution in [0.4, 0.5) is 0 Å². The normalized spacial score (nSPS) is 30.9. The molecular weight excluding hydrogens is 202 g/mol. The molecule has 4 heteroatoms. The lowest BCUT2D eigenvalue weighted by Gasteiger charge is -2.24. The van der Waals surface area contributed by atoms with Crippen molar-refractivity contribution >= 4 is 0 Å². The van der Waals surface area contributed by atoms with Gasteiger partial charge in [-0.05, 0) is 31.8 Å². The van der Waals surface area contributed by atoms with Gasteiger partial charge in [0.1, 0.15) is 0 Å². The Bertz CT molecular complexity index is 162. The molecule has 2 rings (SSSR count). The molecule has 0 aromatic rings. The zero-order chi connectivity index (χ0) is 11.8. The first-order valence-electron chi connectivity index (χ1n) is 6.58. The second-order valence-corrected chi connectivity index (χ2v) is 4.95. The number of hydrogen-bond acceptors (Lipinski definition) is 4. The highest BCUT2D eigenvalue weighted by atomic mass is 16.3. The van der Waals surface area contributed by atoms with E-state index in [0.29, 0.717) is 0 Å². The van der Waals surface area contributed by atoms with Crippen LogP contribution in [-0.4, -0.2) is 36.9 Å². The van der Waals surface area contributed by atoms with E-state index in [1.807, 2.05) is 0 Å². The minimum absolute atomic E-state index is 0.0521. The van der Waals surface area contributed by atoms with Gasteiger partial charge >= 0.3 is 0 Å². The molecule has 0 spiro atoms. The Morgan fingerprint density at radius 3 is 2.31 bits per heavy atom. The first-order valence-corrected chi connectivity index (χ1v) is 6.58. The lowest BCUT2D eigenvalue weighted by molar-refractivity contribution is 0.116. The maximum Gasteiger partial charge on any atom is 0.0715 e. The Morgan fingerprint density at radius 2 is 1.88 bits per heavy atom. The van der Waals surface area contributed by atoms with Gasteiger partial charge in [-0.15, -0.1) is 0 Å². The third-order valence-corrected chi connectivity index (χ3v) is 3.54. The van der Waals surface area contributed by atoms with Crippen molar-refractivity contribution in [2.24, 2.45) is 17.4 Å². The molecule has 0 aromatic heterocycles. The van der Waals surface area contributed by atoms with E-state index in [1.54, 1.807) is 0 Å². The molecule has 1 aliphatic heterocycles. The van der Waals surface area contributed by atoms with Crippen molar-refractivity contribution in [2.45, 2.75) is 50.7 Å². The summed E-state index contributed by atoms with van der Waals surface area (Å²) in [6, 6.07) is -0.0521. The molecule has 2 aliphatic rings. The molecule has 96 valence electrons. The highest BCUT2D eigenvalue weighted by molar-refractivity contribution is 4.79. The molecule has 0 aromatic carbocycles. The van der Waals surface area contributed by atoms with Crippen molar-refractivity contribution < 1.29 is 5.11 Å². The van der Waals surface area contributed by atoms with E-state index in [-0.39, 0.29) is 12.1 Å². The summed E-state index contributed by atoms with van der Waals surface area (Å²) in [7, 11) is 0. The number of aliphatic hydroxyl groups excluding tert-OH is 1. The standard InChI is InChI=1S/C7H15N.C5H12N2O/c8-6-5-7-3-1-2-4-7;6-4-3-7-2-1-5(4)8/h7H,1-6,8H2;4-5,7-8H,1-3,6H2. The fraction of sp³-hybridized carbons (Fsp3) is 1.00. The van der Waals surface area contributed by atoms with E-state index in [2.05, 4.69) is 5.32 Å². The Morgan fingerprint density at radius 1 is 1.19 bits per heavy atom. The van der Waals surface area contributed by atoms with Crippen molar-refractivity contribution in [3.05, 3.63) is 0 Å². The van der Waals surface area contributed by atoms with Gasteiger partial charge in [0.05, 0.1) is 6.10 Å². The number of aliphatic hydroxyl groups is 1. The second kappa shape index (κ2) is 8.01. The average Bonchev–Trinajstić information content (AvgIpc) is 2.77. The molecule has 0 amide bonds. The van der Waals surface area contributed by atoms with Gasteiger partial charge in [0.15, 0.2) is 0 Å². The number of rotatable bonds is 2. The lowest BCUT2D eigenvalue weighted by atomic mass is 10.1. The fourth-order valence-electron chi connectivity index (χ4n) is 2.40. The summed E-state index contributed by atoms with van der Waals surface area (Å²) in [5.41, 5.74) is 10.9. The van der Waals surface area contributed by atoms with Crippen molar-refractivity contribution in [1.82, 2.24) is 5.32 Å². The molecule has 0 radical (unpaired) electrons. The molecule has 1 saturated carbocycles. The van der Waals surface area contributed by atoms with E-state index in [9.17, 15) is 0 Å². The van der Waals surface area contributed by atoms with Crippen molar-refractivity contribution in [2.75, 3.05) is 19.6 Å². The van der Waals surface area contributed by atoms with E-state index in [0.717, 1.165) is 32.0 Å². The molecular formula is C12H27N3O. The van der Waals surface area contributed by atoms with Crippen molar-refractivity contribution in [3.8, 4) is 0 Å². The highest BCUT2D eigenvalue weighted by Gasteiger charge is 2.17. The van der Waals surface area contributed by atoms with Crippen LogP contribution in [0.2, 0.25) is 0 Å². The maximum absolute atomic E-state index is 9.01. The molecule has 0 bridgehead atoms. The summed E-state index contributed by atoms with van der Waals surface area (Å²) >= 11 is 0. The second-order valence-electron chi connectivity index (χ2n) is 4.95. The van der Waals surface area contributed by atoms with Crippen LogP contribution in [0.5, 0.6) is 0 Å². The first kappa shape index (κ1) is 13.9. The van der Waals surface area contributed by atoms with Gasteiger partial charge in [-0.2, -0.15) is 0 Å². The van der Waals surface area contributed by atoms with Gasteiger partial charge in [0.2, 0.25) is 0 Å². The predicted octanol–water partition coefficient (Wildman–Crippen LogP) is 0.193. The van der Waals surface area contributed by atoms with E-state index in [4.69, 9.17) is 16.6 Å². The molecule has 16 heavy (non-hydrogen) atoms. The van der Waals surface area contributed by atoms with Crippen LogP contribution in [0.15, 0.2) is 0 Å². The van der Waals surface area contributed by atoms with E-state index in [1.165, 1.54) is 32.1 Å². The zero-order valence-electron chi connectivity index (χ0n) is 10.2. The topological polar surface area (TPSA) is 84.3 Å². The Balaban J connectivity index is 0.000000160. The fourth-order valence-corrected chi connectivity index (χ4v) is 2.40. The van der Waals surface area contributed by atoms with Crippen LogP contribution in [0, 0.1) is 5.92 Å². The number of piperidine rings is 1. The molecule has 2 atom stereocenters. The van der Waals surface area contributed by atoms with Crippen LogP contribution < -0.4 is 16.8 Å². The van der Waals surface area contributed by atoms with E-state index < -0.39 is 0 Å². The lowest BCUT2D eigenvalue weighted by Crippen LogP contribution is -2.49. The van der Waals surface area contributed by atoms with Crippen LogP contribution in [0.25, 0.3) is 0 Å². The minimum atomic E-state index is -0.281. The average molecular weight is 229 g/mol. The summed E-state index contributed by atoms with van der Waals surface area (Å²) in [6.07, 6.45) is 7.56. The quantitative estimate of drug-likeness (QED) is 0.545. The van der Waals surface area contributed by atoms with Gasteiger partial charge in [-0.3, -0.25) is 0 Å². The van der Waals surface area contributed by atoms with Crippen LogP contribution in [0.1, 0.15) is 38.5 Å². The van der Waals surface area contributed by atoms with Gasteiger partial charge in [0.25, 0.3) is 0 Å². The van der Waals surface area contributed by atoms with E-state index >= 15 is 0 Å². The molecule has 1 aliphatic carbocycles. The van der Waals surface area contributed by atoms with Gasteiger partial charge in [0, 0.05) is 12.6 Å². The number of hydrogen-bond donors (Lipinski definition) is 4. The first-order chi connectivity index (χ1) is 7.74. The Labute approximate surface area is 98.8 Å². The third kappa shape index (κ3) is 5.25. The smallest absolute Gasteiger partial charge is 0.0715 e. The molecule has 1 saturated heterocycles. The minimum Gasteiger partial charge on any atom is -0.391 e. The van der Waals surface area contributed by atoms with Gasteiger partial charge < -0.3 is 21.9 Å².